The second-order valence-electron chi connectivity index (χ2n) is 4.49. The summed E-state index contributed by atoms with van der Waals surface area (Å²) in [5.41, 5.74) is 9.02. The number of rotatable bonds is 5. The van der Waals surface area contributed by atoms with Crippen molar-refractivity contribution in [3.8, 4) is 11.8 Å². The fraction of sp³-hybridized carbons (Fsp3) is 0.188. The second-order valence-corrected chi connectivity index (χ2v) is 4.49. The monoisotopic (exact) mass is 267 g/mol. The molecule has 0 bridgehead atoms. The molecule has 0 unspecified atom stereocenters. The van der Waals surface area contributed by atoms with E-state index >= 15 is 0 Å². The molecule has 2 aromatic rings. The standard InChI is InChI=1S/C16H17N3O/c1-12-9-15(6-5-13(12)11-17)19-7-8-20-16-4-2-3-14(18)10-16/h2-6,9-10,19H,7-8,18H2,1H3. The lowest BCUT2D eigenvalue weighted by Crippen LogP contribution is -2.11. The lowest BCUT2D eigenvalue weighted by molar-refractivity contribution is 0.333. The van der Waals surface area contributed by atoms with Gasteiger partial charge in [-0.05, 0) is 42.8 Å². The molecule has 0 aromatic heterocycles. The second kappa shape index (κ2) is 6.48. The lowest BCUT2D eigenvalue weighted by Gasteiger charge is -2.10. The molecular weight excluding hydrogens is 250 g/mol. The predicted octanol–water partition coefficient (Wildman–Crippen LogP) is 2.94. The van der Waals surface area contributed by atoms with E-state index < -0.39 is 0 Å². The van der Waals surface area contributed by atoms with Crippen LogP contribution in [0.5, 0.6) is 5.75 Å². The van der Waals surface area contributed by atoms with Crippen molar-refractivity contribution in [3.63, 3.8) is 0 Å². The van der Waals surface area contributed by atoms with Gasteiger partial charge in [-0.1, -0.05) is 6.07 Å². The minimum Gasteiger partial charge on any atom is -0.492 e. The third kappa shape index (κ3) is 3.66. The molecule has 3 N–H and O–H groups in total. The first-order valence-electron chi connectivity index (χ1n) is 6.42. The summed E-state index contributed by atoms with van der Waals surface area (Å²) in [6.45, 7) is 3.15. The van der Waals surface area contributed by atoms with E-state index in [0.29, 0.717) is 24.4 Å². The minimum atomic E-state index is 0.544. The molecule has 0 aliphatic rings. The van der Waals surface area contributed by atoms with Gasteiger partial charge in [0.2, 0.25) is 0 Å². The van der Waals surface area contributed by atoms with Crippen LogP contribution in [0, 0.1) is 18.3 Å². The number of aryl methyl sites for hydroxylation is 1. The van der Waals surface area contributed by atoms with Crippen molar-refractivity contribution in [1.29, 1.82) is 5.26 Å². The highest BCUT2D eigenvalue weighted by molar-refractivity contribution is 5.51. The number of hydrogen-bond donors (Lipinski definition) is 2. The van der Waals surface area contributed by atoms with Crippen LogP contribution < -0.4 is 15.8 Å². The third-order valence-corrected chi connectivity index (χ3v) is 2.90. The number of hydrogen-bond acceptors (Lipinski definition) is 4. The van der Waals surface area contributed by atoms with Crippen LogP contribution in [0.4, 0.5) is 11.4 Å². The molecule has 0 radical (unpaired) electrons. The van der Waals surface area contributed by atoms with Crippen molar-refractivity contribution in [2.24, 2.45) is 0 Å². The average molecular weight is 267 g/mol. The van der Waals surface area contributed by atoms with Gasteiger partial charge in [-0.3, -0.25) is 0 Å². The van der Waals surface area contributed by atoms with Crippen molar-refractivity contribution >= 4 is 11.4 Å². The quantitative estimate of drug-likeness (QED) is 0.645. The molecule has 0 aliphatic heterocycles. The summed E-state index contributed by atoms with van der Waals surface area (Å²) in [5.74, 6) is 0.766. The van der Waals surface area contributed by atoms with Gasteiger partial charge in [0.15, 0.2) is 0 Å². The summed E-state index contributed by atoms with van der Waals surface area (Å²) in [6, 6.07) is 15.2. The van der Waals surface area contributed by atoms with Crippen LogP contribution in [-0.4, -0.2) is 13.2 Å². The zero-order valence-corrected chi connectivity index (χ0v) is 11.4. The molecule has 4 heteroatoms. The summed E-state index contributed by atoms with van der Waals surface area (Å²) < 4.78 is 5.59. The van der Waals surface area contributed by atoms with Crippen molar-refractivity contribution in [3.05, 3.63) is 53.6 Å². The summed E-state index contributed by atoms with van der Waals surface area (Å²) in [4.78, 5) is 0. The summed E-state index contributed by atoms with van der Waals surface area (Å²) in [7, 11) is 0. The van der Waals surface area contributed by atoms with E-state index in [-0.39, 0.29) is 0 Å². The number of anilines is 2. The minimum absolute atomic E-state index is 0.544. The number of nitrogens with two attached hydrogens (primary N) is 1. The van der Waals surface area contributed by atoms with Crippen molar-refractivity contribution < 1.29 is 4.74 Å². The SMILES string of the molecule is Cc1cc(NCCOc2cccc(N)c2)ccc1C#N. The molecule has 4 nitrogen and oxygen atoms in total. The Hall–Kier alpha value is -2.67. The maximum absolute atomic E-state index is 8.87. The average Bonchev–Trinajstić information content (AvgIpc) is 2.44. The topological polar surface area (TPSA) is 71.1 Å². The molecular formula is C16H17N3O. The van der Waals surface area contributed by atoms with E-state index in [2.05, 4.69) is 11.4 Å². The first-order chi connectivity index (χ1) is 9.69. The zero-order chi connectivity index (χ0) is 14.4. The number of nitriles is 1. The highest BCUT2D eigenvalue weighted by Crippen LogP contribution is 2.15. The van der Waals surface area contributed by atoms with Crippen LogP contribution in [-0.2, 0) is 0 Å². The van der Waals surface area contributed by atoms with Crippen LogP contribution in [0.25, 0.3) is 0 Å². The fourth-order valence-corrected chi connectivity index (χ4v) is 1.87. The molecule has 102 valence electrons. The first-order valence-corrected chi connectivity index (χ1v) is 6.42. The molecule has 20 heavy (non-hydrogen) atoms. The first kappa shape index (κ1) is 13.8. The normalized spacial score (nSPS) is 9.80. The molecule has 0 amide bonds. The molecule has 0 saturated heterocycles. The molecule has 0 atom stereocenters. The number of benzene rings is 2. The molecule has 2 rings (SSSR count). The van der Waals surface area contributed by atoms with Crippen LogP contribution in [0.15, 0.2) is 42.5 Å². The van der Waals surface area contributed by atoms with Crippen LogP contribution in [0.3, 0.4) is 0 Å². The highest BCUT2D eigenvalue weighted by Gasteiger charge is 1.99. The summed E-state index contributed by atoms with van der Waals surface area (Å²) in [6.07, 6.45) is 0. The Morgan fingerprint density at radius 1 is 1.25 bits per heavy atom. The van der Waals surface area contributed by atoms with E-state index in [1.807, 2.05) is 43.3 Å². The van der Waals surface area contributed by atoms with Gasteiger partial charge in [0.25, 0.3) is 0 Å². The summed E-state index contributed by atoms with van der Waals surface area (Å²) in [5, 5.41) is 12.1. The largest absolute Gasteiger partial charge is 0.492 e. The van der Waals surface area contributed by atoms with Crippen LogP contribution >= 0.6 is 0 Å². The Morgan fingerprint density at radius 3 is 2.80 bits per heavy atom. The Balaban J connectivity index is 1.82. The lowest BCUT2D eigenvalue weighted by atomic mass is 10.1. The van der Waals surface area contributed by atoms with Crippen molar-refractivity contribution in [2.75, 3.05) is 24.2 Å². The highest BCUT2D eigenvalue weighted by atomic mass is 16.5. The van der Waals surface area contributed by atoms with E-state index in [1.165, 1.54) is 0 Å². The smallest absolute Gasteiger partial charge is 0.121 e. The Kier molecular flexibility index (Phi) is 4.46. The summed E-state index contributed by atoms with van der Waals surface area (Å²) >= 11 is 0. The van der Waals surface area contributed by atoms with Crippen molar-refractivity contribution in [1.82, 2.24) is 0 Å². The number of nitrogen functional groups attached to an aromatic ring is 1. The van der Waals surface area contributed by atoms with Gasteiger partial charge in [-0.15, -0.1) is 0 Å². The van der Waals surface area contributed by atoms with Gasteiger partial charge >= 0.3 is 0 Å². The molecule has 0 fully saturated rings. The van der Waals surface area contributed by atoms with E-state index in [4.69, 9.17) is 15.7 Å². The Morgan fingerprint density at radius 2 is 2.10 bits per heavy atom. The zero-order valence-electron chi connectivity index (χ0n) is 11.4. The van der Waals surface area contributed by atoms with Gasteiger partial charge < -0.3 is 15.8 Å². The van der Waals surface area contributed by atoms with Gasteiger partial charge in [-0.25, -0.2) is 0 Å². The molecule has 0 heterocycles. The van der Waals surface area contributed by atoms with Gasteiger partial charge in [0, 0.05) is 24.0 Å². The molecule has 2 aromatic carbocycles. The van der Waals surface area contributed by atoms with Gasteiger partial charge in [0.05, 0.1) is 11.6 Å². The van der Waals surface area contributed by atoms with E-state index in [1.54, 1.807) is 6.07 Å². The fourth-order valence-electron chi connectivity index (χ4n) is 1.87. The Bertz CT molecular complexity index is 632. The van der Waals surface area contributed by atoms with Crippen molar-refractivity contribution in [2.45, 2.75) is 6.92 Å². The molecule has 0 aliphatic carbocycles. The van der Waals surface area contributed by atoms with Crippen LogP contribution in [0.2, 0.25) is 0 Å². The van der Waals surface area contributed by atoms with E-state index in [9.17, 15) is 0 Å². The predicted molar refractivity (Wildman–Crippen MR) is 80.7 cm³/mol. The number of ether oxygens (including phenoxy) is 1. The van der Waals surface area contributed by atoms with Gasteiger partial charge in [0.1, 0.15) is 12.4 Å². The molecule has 0 spiro atoms. The third-order valence-electron chi connectivity index (χ3n) is 2.90. The van der Waals surface area contributed by atoms with Crippen LogP contribution in [0.1, 0.15) is 11.1 Å². The number of nitrogens with one attached hydrogen (secondary N) is 1. The van der Waals surface area contributed by atoms with E-state index in [0.717, 1.165) is 17.0 Å². The maximum Gasteiger partial charge on any atom is 0.121 e. The molecule has 0 saturated carbocycles. The van der Waals surface area contributed by atoms with Gasteiger partial charge in [-0.2, -0.15) is 5.26 Å². The maximum atomic E-state index is 8.87. The Labute approximate surface area is 118 Å². The number of nitrogens with zero attached hydrogens (tertiary/aromatic N) is 1.